The van der Waals surface area contributed by atoms with Gasteiger partial charge in [0, 0.05) is 13.1 Å². The maximum absolute atomic E-state index is 11.0. The van der Waals surface area contributed by atoms with Crippen molar-refractivity contribution >= 4 is 23.3 Å². The minimum atomic E-state index is -1.58. The van der Waals surface area contributed by atoms with Crippen molar-refractivity contribution in [3.8, 4) is 6.07 Å². The Hall–Kier alpha value is -2.55. The lowest BCUT2D eigenvalue weighted by Crippen LogP contribution is -2.22. The molecule has 0 radical (unpaired) electrons. The molecule has 0 atom stereocenters. The molecule has 6 heteroatoms. The Morgan fingerprint density at radius 2 is 2.12 bits per heavy atom. The smallest absolute Gasteiger partial charge is 0.394 e. The van der Waals surface area contributed by atoms with Gasteiger partial charge in [-0.25, -0.2) is 4.79 Å². The number of carbonyl (C=O) groups is 2. The van der Waals surface area contributed by atoms with E-state index in [1.807, 2.05) is 11.0 Å². The third-order valence-electron chi connectivity index (χ3n) is 2.38. The Morgan fingerprint density at radius 3 is 2.65 bits per heavy atom. The number of nitrogens with zero attached hydrogens (tertiary/aromatic N) is 2. The first kappa shape index (κ1) is 11.0. The summed E-state index contributed by atoms with van der Waals surface area (Å²) < 4.78 is 0. The molecule has 1 amide bonds. The number of amides is 1. The fraction of sp³-hybridized carbons (Fsp3) is 0.182. The van der Waals surface area contributed by atoms with E-state index in [0.717, 1.165) is 18.8 Å². The van der Waals surface area contributed by atoms with Crippen LogP contribution in [0.3, 0.4) is 0 Å². The second kappa shape index (κ2) is 4.14. The first-order valence-electron chi connectivity index (χ1n) is 4.96. The zero-order chi connectivity index (χ0) is 12.4. The highest BCUT2D eigenvalue weighted by Crippen LogP contribution is 2.30. The molecule has 0 bridgehead atoms. The molecule has 1 heterocycles. The van der Waals surface area contributed by atoms with Crippen LogP contribution in [-0.2, 0) is 9.59 Å². The molecule has 1 aliphatic heterocycles. The normalized spacial score (nSPS) is 12.8. The Labute approximate surface area is 97.1 Å². The molecule has 1 aliphatic rings. The van der Waals surface area contributed by atoms with Gasteiger partial charge in [0.05, 0.1) is 16.9 Å². The van der Waals surface area contributed by atoms with E-state index in [9.17, 15) is 9.59 Å². The molecule has 0 aliphatic carbocycles. The van der Waals surface area contributed by atoms with Gasteiger partial charge in [0.15, 0.2) is 0 Å². The highest BCUT2D eigenvalue weighted by atomic mass is 16.4. The second-order valence-electron chi connectivity index (χ2n) is 3.56. The average molecular weight is 231 g/mol. The Kier molecular flexibility index (Phi) is 2.66. The van der Waals surface area contributed by atoms with E-state index < -0.39 is 11.9 Å². The van der Waals surface area contributed by atoms with E-state index in [1.54, 1.807) is 12.1 Å². The number of nitrogens with one attached hydrogen (secondary N) is 1. The topological polar surface area (TPSA) is 93.2 Å². The molecule has 6 nitrogen and oxygen atoms in total. The van der Waals surface area contributed by atoms with Crippen LogP contribution >= 0.6 is 0 Å². The van der Waals surface area contributed by atoms with Crippen LogP contribution in [0.15, 0.2) is 18.2 Å². The van der Waals surface area contributed by atoms with Gasteiger partial charge < -0.3 is 15.3 Å². The summed E-state index contributed by atoms with van der Waals surface area (Å²) in [5.41, 5.74) is 1.24. The van der Waals surface area contributed by atoms with Gasteiger partial charge in [-0.15, -0.1) is 0 Å². The van der Waals surface area contributed by atoms with Gasteiger partial charge in [0.25, 0.3) is 0 Å². The summed E-state index contributed by atoms with van der Waals surface area (Å²) >= 11 is 0. The number of benzene rings is 1. The maximum Gasteiger partial charge on any atom is 0.394 e. The number of rotatable bonds is 2. The van der Waals surface area contributed by atoms with E-state index >= 15 is 0 Å². The molecule has 0 saturated carbocycles. The molecule has 2 N–H and O–H groups in total. The van der Waals surface area contributed by atoms with Crippen molar-refractivity contribution in [2.75, 3.05) is 23.3 Å². The van der Waals surface area contributed by atoms with Crippen LogP contribution in [0.4, 0.5) is 11.4 Å². The molecule has 17 heavy (non-hydrogen) atoms. The Morgan fingerprint density at radius 1 is 1.41 bits per heavy atom. The summed E-state index contributed by atoms with van der Waals surface area (Å²) in [5.74, 6) is -2.73. The number of carboxylic acids is 1. The average Bonchev–Trinajstić information content (AvgIpc) is 3.12. The van der Waals surface area contributed by atoms with Crippen molar-refractivity contribution in [1.82, 2.24) is 0 Å². The van der Waals surface area contributed by atoms with Gasteiger partial charge in [-0.2, -0.15) is 5.26 Å². The van der Waals surface area contributed by atoms with Crippen molar-refractivity contribution in [3.63, 3.8) is 0 Å². The molecular formula is C11H9N3O3. The predicted molar refractivity (Wildman–Crippen MR) is 59.6 cm³/mol. The molecule has 1 saturated heterocycles. The molecule has 1 aromatic rings. The van der Waals surface area contributed by atoms with Gasteiger partial charge in [-0.3, -0.25) is 4.79 Å². The van der Waals surface area contributed by atoms with Crippen LogP contribution in [0.25, 0.3) is 0 Å². The maximum atomic E-state index is 11.0. The first-order chi connectivity index (χ1) is 8.13. The van der Waals surface area contributed by atoms with Crippen molar-refractivity contribution in [3.05, 3.63) is 23.8 Å². The lowest BCUT2D eigenvalue weighted by atomic mass is 10.1. The summed E-state index contributed by atoms with van der Waals surface area (Å²) in [6.45, 7) is 1.73. The standard InChI is InChI=1S/C11H9N3O3/c12-6-7-8(13-10(15)11(16)17)2-1-3-9(7)14-4-5-14/h1-3H,4-5H2,(H,13,15)(H,16,17). The van der Waals surface area contributed by atoms with Gasteiger partial charge >= 0.3 is 11.9 Å². The molecule has 2 rings (SSSR count). The molecule has 0 aromatic heterocycles. The SMILES string of the molecule is N#Cc1c(NC(=O)C(=O)O)cccc1N1CC1. The number of anilines is 2. The monoisotopic (exact) mass is 231 g/mol. The minimum Gasteiger partial charge on any atom is -0.474 e. The quantitative estimate of drug-likeness (QED) is 0.567. The zero-order valence-electron chi connectivity index (χ0n) is 8.80. The fourth-order valence-corrected chi connectivity index (χ4v) is 1.49. The van der Waals surface area contributed by atoms with Crippen LogP contribution < -0.4 is 10.2 Å². The van der Waals surface area contributed by atoms with Gasteiger partial charge in [-0.1, -0.05) is 6.07 Å². The number of hydrogen-bond acceptors (Lipinski definition) is 4. The summed E-state index contributed by atoms with van der Waals surface area (Å²) in [6, 6.07) is 6.93. The summed E-state index contributed by atoms with van der Waals surface area (Å²) in [7, 11) is 0. The van der Waals surface area contributed by atoms with Gasteiger partial charge in [0.2, 0.25) is 0 Å². The van der Waals surface area contributed by atoms with Crippen LogP contribution in [0.2, 0.25) is 0 Å². The van der Waals surface area contributed by atoms with Crippen molar-refractivity contribution in [2.24, 2.45) is 0 Å². The molecule has 1 aromatic carbocycles. The van der Waals surface area contributed by atoms with Crippen molar-refractivity contribution in [2.45, 2.75) is 0 Å². The molecule has 1 fully saturated rings. The van der Waals surface area contributed by atoms with Crippen molar-refractivity contribution < 1.29 is 14.7 Å². The summed E-state index contributed by atoms with van der Waals surface area (Å²) in [4.78, 5) is 23.4. The van der Waals surface area contributed by atoms with Gasteiger partial charge in [0.1, 0.15) is 6.07 Å². The third-order valence-corrected chi connectivity index (χ3v) is 2.38. The second-order valence-corrected chi connectivity index (χ2v) is 3.56. The van der Waals surface area contributed by atoms with Crippen LogP contribution in [-0.4, -0.2) is 30.1 Å². The first-order valence-corrected chi connectivity index (χ1v) is 4.96. The molecule has 0 spiro atoms. The van der Waals surface area contributed by atoms with Gasteiger partial charge in [-0.05, 0) is 12.1 Å². The fourth-order valence-electron chi connectivity index (χ4n) is 1.49. The molecule has 86 valence electrons. The van der Waals surface area contributed by atoms with Crippen molar-refractivity contribution in [1.29, 1.82) is 5.26 Å². The molecular weight excluding hydrogens is 222 g/mol. The number of carbonyl (C=O) groups excluding carboxylic acids is 1. The lowest BCUT2D eigenvalue weighted by Gasteiger charge is -2.10. The highest BCUT2D eigenvalue weighted by Gasteiger charge is 2.23. The number of hydrogen-bond donors (Lipinski definition) is 2. The Bertz CT molecular complexity index is 529. The van der Waals surface area contributed by atoms with E-state index in [-0.39, 0.29) is 5.69 Å². The van der Waals surface area contributed by atoms with E-state index in [0.29, 0.717) is 5.56 Å². The minimum absolute atomic E-state index is 0.226. The van der Waals surface area contributed by atoms with Crippen LogP contribution in [0.1, 0.15) is 5.56 Å². The van der Waals surface area contributed by atoms with Crippen LogP contribution in [0, 0.1) is 11.3 Å². The predicted octanol–water partition coefficient (Wildman–Crippen LogP) is 0.401. The van der Waals surface area contributed by atoms with E-state index in [2.05, 4.69) is 5.32 Å². The largest absolute Gasteiger partial charge is 0.474 e. The summed E-state index contributed by atoms with van der Waals surface area (Å²) in [5, 5.41) is 19.7. The lowest BCUT2D eigenvalue weighted by molar-refractivity contribution is -0.147. The van der Waals surface area contributed by atoms with E-state index in [4.69, 9.17) is 10.4 Å². The van der Waals surface area contributed by atoms with E-state index in [1.165, 1.54) is 6.07 Å². The third kappa shape index (κ3) is 2.18. The Balaban J connectivity index is 2.34. The zero-order valence-corrected chi connectivity index (χ0v) is 8.80. The number of aliphatic carboxylic acids is 1. The van der Waals surface area contributed by atoms with Crippen LogP contribution in [0.5, 0.6) is 0 Å². The summed E-state index contributed by atoms with van der Waals surface area (Å²) in [6.07, 6.45) is 0. The number of carboxylic acid groups (broad SMARTS) is 1. The number of nitriles is 1. The molecule has 0 unspecified atom stereocenters. The highest BCUT2D eigenvalue weighted by molar-refractivity contribution is 6.36.